The summed E-state index contributed by atoms with van der Waals surface area (Å²) in [7, 11) is 0. The van der Waals surface area contributed by atoms with Crippen LogP contribution in [-0.2, 0) is 16.0 Å². The Kier molecular flexibility index (Phi) is 6.99. The molecular weight excluding hydrogens is 380 g/mol. The summed E-state index contributed by atoms with van der Waals surface area (Å²) in [5.41, 5.74) is 0.611. The number of hydrogen-bond acceptors (Lipinski definition) is 5. The highest BCUT2D eigenvalue weighted by Crippen LogP contribution is 2.26. The van der Waals surface area contributed by atoms with Crippen molar-refractivity contribution in [3.05, 3.63) is 35.9 Å². The Bertz CT molecular complexity index is 784. The van der Waals surface area contributed by atoms with Gasteiger partial charge < -0.3 is 15.0 Å². The molecule has 0 aromatic heterocycles. The molecule has 0 bridgehead atoms. The summed E-state index contributed by atoms with van der Waals surface area (Å²) in [4.78, 5) is 29.2. The first kappa shape index (κ1) is 22.1. The van der Waals surface area contributed by atoms with E-state index < -0.39 is 23.8 Å². The lowest BCUT2D eigenvalue weighted by Gasteiger charge is -2.30. The number of ether oxygens (including phenoxy) is 1. The van der Waals surface area contributed by atoms with Crippen LogP contribution >= 0.6 is 0 Å². The molecule has 2 aliphatic heterocycles. The first-order valence-electron chi connectivity index (χ1n) is 10.8. The highest BCUT2D eigenvalue weighted by atomic mass is 16.6. The minimum Gasteiger partial charge on any atom is -0.444 e. The van der Waals surface area contributed by atoms with E-state index in [1.165, 1.54) is 5.56 Å². The quantitative estimate of drug-likeness (QED) is 0.804. The molecule has 0 spiro atoms. The molecule has 1 N–H and O–H groups in total. The molecule has 1 aromatic rings. The van der Waals surface area contributed by atoms with Gasteiger partial charge in [0.05, 0.1) is 6.07 Å². The van der Waals surface area contributed by atoms with Crippen molar-refractivity contribution in [1.29, 1.82) is 5.26 Å². The van der Waals surface area contributed by atoms with E-state index in [2.05, 4.69) is 23.5 Å². The van der Waals surface area contributed by atoms with E-state index in [0.29, 0.717) is 25.9 Å². The van der Waals surface area contributed by atoms with Crippen LogP contribution in [0.5, 0.6) is 0 Å². The summed E-state index contributed by atoms with van der Waals surface area (Å²) < 4.78 is 5.56. The van der Waals surface area contributed by atoms with Crippen molar-refractivity contribution in [2.24, 2.45) is 0 Å². The van der Waals surface area contributed by atoms with Crippen LogP contribution in [0.25, 0.3) is 0 Å². The fourth-order valence-electron chi connectivity index (χ4n) is 4.16. The number of likely N-dealkylation sites (tertiary alicyclic amines) is 2. The highest BCUT2D eigenvalue weighted by molar-refractivity contribution is 5.87. The van der Waals surface area contributed by atoms with Gasteiger partial charge in [-0.1, -0.05) is 30.3 Å². The molecule has 0 saturated carbocycles. The number of hydrogen-bond donors (Lipinski definition) is 1. The van der Waals surface area contributed by atoms with E-state index in [-0.39, 0.29) is 11.9 Å². The Labute approximate surface area is 179 Å². The van der Waals surface area contributed by atoms with Crippen molar-refractivity contribution >= 4 is 12.0 Å². The van der Waals surface area contributed by atoms with Crippen molar-refractivity contribution in [3.8, 4) is 6.07 Å². The number of nitrogens with one attached hydrogen (secondary N) is 1. The van der Waals surface area contributed by atoms with Crippen LogP contribution < -0.4 is 5.32 Å². The molecule has 30 heavy (non-hydrogen) atoms. The van der Waals surface area contributed by atoms with Crippen LogP contribution in [0.1, 0.15) is 45.6 Å². The highest BCUT2D eigenvalue weighted by Gasteiger charge is 2.44. The number of amides is 2. The second kappa shape index (κ2) is 9.48. The molecule has 7 nitrogen and oxygen atoms in total. The van der Waals surface area contributed by atoms with Crippen LogP contribution in [0.2, 0.25) is 0 Å². The Morgan fingerprint density at radius 1 is 1.23 bits per heavy atom. The van der Waals surface area contributed by atoms with Gasteiger partial charge in [-0.3, -0.25) is 9.69 Å². The van der Waals surface area contributed by atoms with Crippen molar-refractivity contribution in [1.82, 2.24) is 15.1 Å². The van der Waals surface area contributed by atoms with Crippen LogP contribution in [0.15, 0.2) is 30.3 Å². The van der Waals surface area contributed by atoms with Crippen LogP contribution in [0.4, 0.5) is 4.79 Å². The lowest BCUT2D eigenvalue weighted by Crippen LogP contribution is -2.50. The fourth-order valence-corrected chi connectivity index (χ4v) is 4.16. The zero-order valence-corrected chi connectivity index (χ0v) is 18.1. The topological polar surface area (TPSA) is 85.7 Å². The van der Waals surface area contributed by atoms with Crippen molar-refractivity contribution in [3.63, 3.8) is 0 Å². The maximum Gasteiger partial charge on any atom is 0.411 e. The van der Waals surface area contributed by atoms with Gasteiger partial charge in [-0.2, -0.15) is 5.26 Å². The number of carbonyl (C=O) groups is 2. The normalized spacial score (nSPS) is 24.0. The number of nitriles is 1. The molecule has 1 unspecified atom stereocenters. The summed E-state index contributed by atoms with van der Waals surface area (Å²) in [6.07, 6.45) is 2.45. The number of benzene rings is 1. The van der Waals surface area contributed by atoms with E-state index in [4.69, 9.17) is 4.74 Å². The second-order valence-electron chi connectivity index (χ2n) is 9.09. The summed E-state index contributed by atoms with van der Waals surface area (Å²) in [6, 6.07) is 11.4. The van der Waals surface area contributed by atoms with Gasteiger partial charge in [-0.25, -0.2) is 4.79 Å². The van der Waals surface area contributed by atoms with Gasteiger partial charge >= 0.3 is 6.09 Å². The molecule has 2 fully saturated rings. The third kappa shape index (κ3) is 5.51. The summed E-state index contributed by atoms with van der Waals surface area (Å²) in [5, 5.41) is 12.9. The maximum atomic E-state index is 13.2. The van der Waals surface area contributed by atoms with Gasteiger partial charge in [0.15, 0.2) is 0 Å². The third-order valence-corrected chi connectivity index (χ3v) is 5.59. The predicted octanol–water partition coefficient (Wildman–Crippen LogP) is 2.71. The minimum absolute atomic E-state index is 0.0123. The lowest BCUT2D eigenvalue weighted by atomic mass is 10.1. The molecule has 0 radical (unpaired) electrons. The SMILES string of the molecule is CC(C)(C)OC(=O)N1C[C@@H](NCCc2ccccc2)C[C@H]1C(=O)N1CCCC1C#N. The Morgan fingerprint density at radius 3 is 2.63 bits per heavy atom. The average molecular weight is 413 g/mol. The van der Waals surface area contributed by atoms with Crippen molar-refractivity contribution in [2.75, 3.05) is 19.6 Å². The maximum absolute atomic E-state index is 13.2. The first-order chi connectivity index (χ1) is 14.3. The molecule has 3 rings (SSSR count). The summed E-state index contributed by atoms with van der Waals surface area (Å²) >= 11 is 0. The Balaban J connectivity index is 1.66. The van der Waals surface area contributed by atoms with Crippen LogP contribution in [0, 0.1) is 11.3 Å². The first-order valence-corrected chi connectivity index (χ1v) is 10.8. The molecule has 162 valence electrons. The average Bonchev–Trinajstić information content (AvgIpc) is 3.34. The smallest absolute Gasteiger partial charge is 0.411 e. The zero-order valence-electron chi connectivity index (χ0n) is 18.1. The predicted molar refractivity (Wildman–Crippen MR) is 114 cm³/mol. The molecule has 2 amide bonds. The molecular formula is C23H32N4O3. The third-order valence-electron chi connectivity index (χ3n) is 5.59. The molecule has 0 aliphatic carbocycles. The number of nitrogens with zero attached hydrogens (tertiary/aromatic N) is 3. The fraction of sp³-hybridized carbons (Fsp3) is 0.609. The van der Waals surface area contributed by atoms with Crippen LogP contribution in [-0.4, -0.2) is 65.2 Å². The van der Waals surface area contributed by atoms with E-state index in [0.717, 1.165) is 19.4 Å². The van der Waals surface area contributed by atoms with Gasteiger partial charge in [0.1, 0.15) is 17.7 Å². The van der Waals surface area contributed by atoms with Gasteiger partial charge in [-0.05, 0) is 58.6 Å². The van der Waals surface area contributed by atoms with Crippen LogP contribution in [0.3, 0.4) is 0 Å². The molecule has 2 aliphatic rings. The molecule has 7 heteroatoms. The van der Waals surface area contributed by atoms with E-state index in [1.807, 2.05) is 39.0 Å². The molecule has 3 atom stereocenters. The van der Waals surface area contributed by atoms with Gasteiger partial charge in [0.2, 0.25) is 5.91 Å². The van der Waals surface area contributed by atoms with E-state index in [9.17, 15) is 14.9 Å². The largest absolute Gasteiger partial charge is 0.444 e. The summed E-state index contributed by atoms with van der Waals surface area (Å²) in [5.74, 6) is -0.141. The minimum atomic E-state index is -0.633. The van der Waals surface area contributed by atoms with E-state index in [1.54, 1.807) is 9.80 Å². The second-order valence-corrected chi connectivity index (χ2v) is 9.09. The Morgan fingerprint density at radius 2 is 1.97 bits per heavy atom. The van der Waals surface area contributed by atoms with Crippen molar-refractivity contribution < 1.29 is 14.3 Å². The molecule has 1 aromatic carbocycles. The monoisotopic (exact) mass is 412 g/mol. The van der Waals surface area contributed by atoms with Gasteiger partial charge in [0.25, 0.3) is 0 Å². The van der Waals surface area contributed by atoms with E-state index >= 15 is 0 Å². The number of rotatable bonds is 5. The summed E-state index contributed by atoms with van der Waals surface area (Å²) in [6.45, 7) is 7.22. The molecule has 2 heterocycles. The molecule has 2 saturated heterocycles. The van der Waals surface area contributed by atoms with Crippen molar-refractivity contribution in [2.45, 2.75) is 70.2 Å². The van der Waals surface area contributed by atoms with Gasteiger partial charge in [0, 0.05) is 19.1 Å². The number of carbonyl (C=O) groups excluding carboxylic acids is 2. The lowest BCUT2D eigenvalue weighted by molar-refractivity contribution is -0.135. The standard InChI is InChI=1S/C23H32N4O3/c1-23(2,3)30-22(29)27-16-18(25-12-11-17-8-5-4-6-9-17)14-20(27)21(28)26-13-7-10-19(26)15-24/h4-6,8-9,18-20,25H,7,10-14,16H2,1-3H3/t18-,19?,20-/m0/s1. The zero-order chi connectivity index (χ0) is 21.7. The van der Waals surface area contributed by atoms with Gasteiger partial charge in [-0.15, -0.1) is 0 Å². The Hall–Kier alpha value is -2.59.